The topological polar surface area (TPSA) is 15.3 Å². The Hall–Kier alpha value is -0.0800. The minimum Gasteiger partial charge on any atom is -0.314 e. The molecule has 0 amide bonds. The van der Waals surface area contributed by atoms with E-state index in [0.717, 1.165) is 18.5 Å². The molecule has 0 spiro atoms. The van der Waals surface area contributed by atoms with Gasteiger partial charge in [-0.25, -0.2) is 0 Å². The highest BCUT2D eigenvalue weighted by Gasteiger charge is 2.19. The van der Waals surface area contributed by atoms with Gasteiger partial charge < -0.3 is 10.2 Å². The molecule has 0 bridgehead atoms. The molecular formula is C13H28N2. The van der Waals surface area contributed by atoms with Gasteiger partial charge in [-0.05, 0) is 38.4 Å². The summed E-state index contributed by atoms with van der Waals surface area (Å²) in [5, 5.41) is 3.56. The third-order valence-electron chi connectivity index (χ3n) is 3.75. The van der Waals surface area contributed by atoms with Gasteiger partial charge in [0.2, 0.25) is 0 Å². The lowest BCUT2D eigenvalue weighted by Gasteiger charge is -2.34. The molecule has 0 aromatic rings. The molecule has 1 heterocycles. The Morgan fingerprint density at radius 2 is 1.73 bits per heavy atom. The van der Waals surface area contributed by atoms with Crippen LogP contribution in [0.15, 0.2) is 0 Å². The van der Waals surface area contributed by atoms with Gasteiger partial charge in [0, 0.05) is 12.6 Å². The highest BCUT2D eigenvalue weighted by molar-refractivity contribution is 4.77. The second-order valence-electron chi connectivity index (χ2n) is 4.82. The third kappa shape index (κ3) is 4.52. The lowest BCUT2D eigenvalue weighted by Crippen LogP contribution is -2.43. The number of nitrogens with zero attached hydrogens (tertiary/aromatic N) is 1. The van der Waals surface area contributed by atoms with E-state index in [1.807, 2.05) is 0 Å². The molecule has 2 heteroatoms. The quantitative estimate of drug-likeness (QED) is 0.728. The molecule has 90 valence electrons. The molecule has 0 unspecified atom stereocenters. The lowest BCUT2D eigenvalue weighted by molar-refractivity contribution is 0.169. The van der Waals surface area contributed by atoms with Gasteiger partial charge in [-0.1, -0.05) is 33.6 Å². The molecule has 1 N–H and O–H groups in total. The van der Waals surface area contributed by atoms with E-state index in [2.05, 4.69) is 31.0 Å². The van der Waals surface area contributed by atoms with Crippen LogP contribution in [0.25, 0.3) is 0 Å². The predicted octanol–water partition coefficient (Wildman–Crippen LogP) is 2.50. The zero-order chi connectivity index (χ0) is 11.1. The SMILES string of the molecule is CCNC1CCN(CC(CC)CC)CC1. The normalized spacial score (nSPS) is 20.0. The number of piperidine rings is 1. The Morgan fingerprint density at radius 3 is 2.20 bits per heavy atom. The van der Waals surface area contributed by atoms with Crippen LogP contribution in [0.3, 0.4) is 0 Å². The second-order valence-corrected chi connectivity index (χ2v) is 4.82. The first-order valence-corrected chi connectivity index (χ1v) is 6.75. The fourth-order valence-electron chi connectivity index (χ4n) is 2.52. The molecule has 1 saturated heterocycles. The summed E-state index contributed by atoms with van der Waals surface area (Å²) in [7, 11) is 0. The molecule has 1 rings (SSSR count). The van der Waals surface area contributed by atoms with Crippen LogP contribution in [0.1, 0.15) is 46.5 Å². The lowest BCUT2D eigenvalue weighted by atomic mass is 9.99. The van der Waals surface area contributed by atoms with Crippen molar-refractivity contribution in [1.29, 1.82) is 0 Å². The highest BCUT2D eigenvalue weighted by Crippen LogP contribution is 2.15. The van der Waals surface area contributed by atoms with Gasteiger partial charge in [-0.2, -0.15) is 0 Å². The van der Waals surface area contributed by atoms with Crippen LogP contribution < -0.4 is 5.32 Å². The molecule has 0 aliphatic carbocycles. The van der Waals surface area contributed by atoms with E-state index in [0.29, 0.717) is 0 Å². The van der Waals surface area contributed by atoms with Gasteiger partial charge in [0.05, 0.1) is 0 Å². The minimum absolute atomic E-state index is 0.785. The molecule has 15 heavy (non-hydrogen) atoms. The molecule has 0 aromatic heterocycles. The summed E-state index contributed by atoms with van der Waals surface area (Å²) in [5.74, 6) is 0.917. The fraction of sp³-hybridized carbons (Fsp3) is 1.00. The first-order valence-electron chi connectivity index (χ1n) is 6.75. The Balaban J connectivity index is 2.19. The summed E-state index contributed by atoms with van der Waals surface area (Å²) in [6.07, 6.45) is 5.36. The summed E-state index contributed by atoms with van der Waals surface area (Å²) >= 11 is 0. The van der Waals surface area contributed by atoms with Crippen LogP contribution in [-0.2, 0) is 0 Å². The number of nitrogens with one attached hydrogen (secondary N) is 1. The maximum atomic E-state index is 3.56. The Kier molecular flexibility index (Phi) is 6.26. The van der Waals surface area contributed by atoms with Gasteiger partial charge in [0.15, 0.2) is 0 Å². The van der Waals surface area contributed by atoms with Crippen molar-refractivity contribution in [2.45, 2.75) is 52.5 Å². The number of rotatable bonds is 6. The van der Waals surface area contributed by atoms with Gasteiger partial charge >= 0.3 is 0 Å². The molecular weight excluding hydrogens is 184 g/mol. The van der Waals surface area contributed by atoms with Crippen LogP contribution in [0.2, 0.25) is 0 Å². The Bertz CT molecular complexity index is 147. The first-order chi connectivity index (χ1) is 7.30. The Morgan fingerprint density at radius 1 is 1.13 bits per heavy atom. The van der Waals surface area contributed by atoms with Crippen LogP contribution in [0.5, 0.6) is 0 Å². The molecule has 0 aromatic carbocycles. The van der Waals surface area contributed by atoms with E-state index in [9.17, 15) is 0 Å². The van der Waals surface area contributed by atoms with Crippen LogP contribution in [0, 0.1) is 5.92 Å². The number of likely N-dealkylation sites (tertiary alicyclic amines) is 1. The monoisotopic (exact) mass is 212 g/mol. The highest BCUT2D eigenvalue weighted by atomic mass is 15.1. The van der Waals surface area contributed by atoms with Gasteiger partial charge in [0.1, 0.15) is 0 Å². The first kappa shape index (κ1) is 13.0. The van der Waals surface area contributed by atoms with Crippen molar-refractivity contribution >= 4 is 0 Å². The second kappa shape index (κ2) is 7.24. The zero-order valence-corrected chi connectivity index (χ0v) is 10.8. The molecule has 1 fully saturated rings. The minimum atomic E-state index is 0.785. The molecule has 1 aliphatic heterocycles. The van der Waals surface area contributed by atoms with E-state index in [1.54, 1.807) is 0 Å². The van der Waals surface area contributed by atoms with Crippen molar-refractivity contribution in [3.05, 3.63) is 0 Å². The Labute approximate surface area is 95.4 Å². The van der Waals surface area contributed by atoms with Gasteiger partial charge in [0.25, 0.3) is 0 Å². The number of hydrogen-bond acceptors (Lipinski definition) is 2. The van der Waals surface area contributed by atoms with Gasteiger partial charge in [-0.15, -0.1) is 0 Å². The average Bonchev–Trinajstić information content (AvgIpc) is 2.28. The zero-order valence-electron chi connectivity index (χ0n) is 10.8. The van der Waals surface area contributed by atoms with E-state index in [4.69, 9.17) is 0 Å². The van der Waals surface area contributed by atoms with Crippen molar-refractivity contribution in [2.24, 2.45) is 5.92 Å². The molecule has 0 atom stereocenters. The number of hydrogen-bond donors (Lipinski definition) is 1. The summed E-state index contributed by atoms with van der Waals surface area (Å²) < 4.78 is 0. The van der Waals surface area contributed by atoms with E-state index >= 15 is 0 Å². The standard InChI is InChI=1S/C13H28N2/c1-4-12(5-2)11-15-9-7-13(8-10-15)14-6-3/h12-14H,4-11H2,1-3H3. The summed E-state index contributed by atoms with van der Waals surface area (Å²) in [6, 6.07) is 0.785. The van der Waals surface area contributed by atoms with Gasteiger partial charge in [-0.3, -0.25) is 0 Å². The van der Waals surface area contributed by atoms with E-state index in [-0.39, 0.29) is 0 Å². The van der Waals surface area contributed by atoms with Crippen LogP contribution >= 0.6 is 0 Å². The smallest absolute Gasteiger partial charge is 0.00912 e. The maximum Gasteiger partial charge on any atom is 0.00912 e. The van der Waals surface area contributed by atoms with Crippen LogP contribution in [0.4, 0.5) is 0 Å². The molecule has 0 saturated carbocycles. The predicted molar refractivity (Wildman–Crippen MR) is 67.2 cm³/mol. The van der Waals surface area contributed by atoms with Crippen molar-refractivity contribution < 1.29 is 0 Å². The largest absolute Gasteiger partial charge is 0.314 e. The van der Waals surface area contributed by atoms with Crippen molar-refractivity contribution in [3.8, 4) is 0 Å². The van der Waals surface area contributed by atoms with E-state index in [1.165, 1.54) is 45.3 Å². The third-order valence-corrected chi connectivity index (χ3v) is 3.75. The van der Waals surface area contributed by atoms with E-state index < -0.39 is 0 Å². The molecule has 0 radical (unpaired) electrons. The van der Waals surface area contributed by atoms with Crippen molar-refractivity contribution in [2.75, 3.05) is 26.2 Å². The maximum absolute atomic E-state index is 3.56. The average molecular weight is 212 g/mol. The summed E-state index contributed by atoms with van der Waals surface area (Å²) in [6.45, 7) is 11.9. The van der Waals surface area contributed by atoms with Crippen molar-refractivity contribution in [3.63, 3.8) is 0 Å². The van der Waals surface area contributed by atoms with Crippen molar-refractivity contribution in [1.82, 2.24) is 10.2 Å². The summed E-state index contributed by atoms with van der Waals surface area (Å²) in [5.41, 5.74) is 0. The fourth-order valence-corrected chi connectivity index (χ4v) is 2.52. The molecule has 1 aliphatic rings. The molecule has 2 nitrogen and oxygen atoms in total. The summed E-state index contributed by atoms with van der Waals surface area (Å²) in [4.78, 5) is 2.66. The van der Waals surface area contributed by atoms with Crippen LogP contribution in [-0.4, -0.2) is 37.1 Å².